The summed E-state index contributed by atoms with van der Waals surface area (Å²) in [6, 6.07) is 9.95. The Labute approximate surface area is 151 Å². The number of carboxylic acid groups (broad SMARTS) is 1. The Hall–Kier alpha value is -2.64. The summed E-state index contributed by atoms with van der Waals surface area (Å²) in [7, 11) is 0. The van der Waals surface area contributed by atoms with E-state index in [1.54, 1.807) is 4.90 Å². The smallest absolute Gasteiger partial charge is 0.352 e. The highest BCUT2D eigenvalue weighted by Crippen LogP contribution is 2.35. The molecule has 0 aliphatic carbocycles. The Balaban J connectivity index is 2.11. The number of carbonyl (C=O) groups is 2. The van der Waals surface area contributed by atoms with Crippen LogP contribution in [0.1, 0.15) is 41.6 Å². The summed E-state index contributed by atoms with van der Waals surface area (Å²) in [6.07, 6.45) is 0. The highest BCUT2D eigenvalue weighted by atomic mass is 16.4. The molecule has 26 heavy (non-hydrogen) atoms. The number of hydrogen-bond donors (Lipinski definition) is 4. The van der Waals surface area contributed by atoms with E-state index in [0.717, 1.165) is 5.56 Å². The number of anilines is 1. The van der Waals surface area contributed by atoms with Crippen LogP contribution in [0, 0.1) is 5.92 Å². The first-order chi connectivity index (χ1) is 12.4. The maximum absolute atomic E-state index is 13.0. The van der Waals surface area contributed by atoms with Gasteiger partial charge in [0.05, 0.1) is 30.6 Å². The average Bonchev–Trinajstić information content (AvgIpc) is 3.01. The summed E-state index contributed by atoms with van der Waals surface area (Å²) in [5.74, 6) is -1.27. The van der Waals surface area contributed by atoms with E-state index in [4.69, 9.17) is 0 Å². The summed E-state index contributed by atoms with van der Waals surface area (Å²) in [4.78, 5) is 29.0. The van der Waals surface area contributed by atoms with Crippen molar-refractivity contribution in [2.24, 2.45) is 5.92 Å². The molecule has 1 aromatic heterocycles. The number of amides is 1. The zero-order valence-corrected chi connectivity index (χ0v) is 14.8. The Morgan fingerprint density at radius 2 is 1.96 bits per heavy atom. The Morgan fingerprint density at radius 1 is 1.27 bits per heavy atom. The van der Waals surface area contributed by atoms with E-state index in [-0.39, 0.29) is 30.2 Å². The molecule has 2 aromatic rings. The molecule has 0 spiro atoms. The number of H-pyrrole nitrogens is 1. The molecule has 3 rings (SSSR count). The quantitative estimate of drug-likeness (QED) is 0.654. The Bertz CT molecular complexity index is 800. The van der Waals surface area contributed by atoms with E-state index >= 15 is 0 Å². The monoisotopic (exact) mass is 357 g/mol. The van der Waals surface area contributed by atoms with Crippen molar-refractivity contribution in [3.8, 4) is 0 Å². The van der Waals surface area contributed by atoms with Gasteiger partial charge in [0.1, 0.15) is 11.7 Å². The summed E-state index contributed by atoms with van der Waals surface area (Å²) in [6.45, 7) is 3.93. The fourth-order valence-corrected chi connectivity index (χ4v) is 3.30. The van der Waals surface area contributed by atoms with Crippen LogP contribution in [0.5, 0.6) is 0 Å². The minimum Gasteiger partial charge on any atom is -0.477 e. The minimum atomic E-state index is -1.08. The van der Waals surface area contributed by atoms with Crippen LogP contribution >= 0.6 is 0 Å². The van der Waals surface area contributed by atoms with Crippen molar-refractivity contribution in [1.29, 1.82) is 0 Å². The number of aliphatic hydroxyl groups is 1. The predicted molar refractivity (Wildman–Crippen MR) is 97.0 cm³/mol. The van der Waals surface area contributed by atoms with Crippen molar-refractivity contribution in [3.63, 3.8) is 0 Å². The second kappa shape index (κ2) is 7.31. The fourth-order valence-electron chi connectivity index (χ4n) is 3.30. The highest BCUT2D eigenvalue weighted by Gasteiger charge is 2.37. The lowest BCUT2D eigenvalue weighted by Gasteiger charge is -2.24. The van der Waals surface area contributed by atoms with Crippen LogP contribution in [0.3, 0.4) is 0 Å². The number of aromatic amines is 1. The summed E-state index contributed by atoms with van der Waals surface area (Å²) in [5.41, 5.74) is 2.15. The number of carbonyl (C=O) groups excluding carboxylic acids is 1. The van der Waals surface area contributed by atoms with Gasteiger partial charge in [-0.05, 0) is 17.5 Å². The Morgan fingerprint density at radius 3 is 2.54 bits per heavy atom. The molecular formula is C19H23N3O4. The van der Waals surface area contributed by atoms with Crippen LogP contribution in [0.25, 0.3) is 0 Å². The van der Waals surface area contributed by atoms with Crippen molar-refractivity contribution < 1.29 is 19.8 Å². The lowest BCUT2D eigenvalue weighted by molar-refractivity contribution is -0.121. The highest BCUT2D eigenvalue weighted by molar-refractivity contribution is 6.00. The van der Waals surface area contributed by atoms with Crippen molar-refractivity contribution in [3.05, 3.63) is 53.3 Å². The molecule has 0 radical (unpaired) electrons. The topological polar surface area (TPSA) is 106 Å². The molecule has 0 bridgehead atoms. The lowest BCUT2D eigenvalue weighted by Crippen LogP contribution is -2.47. The van der Waals surface area contributed by atoms with Gasteiger partial charge in [-0.25, -0.2) is 4.79 Å². The third-order valence-electron chi connectivity index (χ3n) is 4.64. The SMILES string of the molecule is CC(C)[C@@H]1N[C@@H](CO)C(=O)N(Cc2ccccc2)c2cc(C(=O)O)[nH]c21. The van der Waals surface area contributed by atoms with Crippen LogP contribution in [-0.4, -0.2) is 39.7 Å². The van der Waals surface area contributed by atoms with Gasteiger partial charge < -0.3 is 20.1 Å². The van der Waals surface area contributed by atoms with Gasteiger partial charge in [-0.2, -0.15) is 0 Å². The number of aromatic nitrogens is 1. The average molecular weight is 357 g/mol. The van der Waals surface area contributed by atoms with E-state index in [1.165, 1.54) is 6.07 Å². The first-order valence-corrected chi connectivity index (χ1v) is 8.60. The van der Waals surface area contributed by atoms with Gasteiger partial charge in [0.25, 0.3) is 0 Å². The van der Waals surface area contributed by atoms with Crippen LogP contribution in [0.15, 0.2) is 36.4 Å². The number of carboxylic acids is 1. The van der Waals surface area contributed by atoms with E-state index in [9.17, 15) is 19.8 Å². The van der Waals surface area contributed by atoms with Gasteiger partial charge in [-0.15, -0.1) is 0 Å². The van der Waals surface area contributed by atoms with Gasteiger partial charge in [0.15, 0.2) is 0 Å². The molecule has 1 aromatic carbocycles. The standard InChI is InChI=1S/C19H23N3O4/c1-11(2)16-17-15(8-13(20-17)19(25)26)22(18(24)14(10-23)21-16)9-12-6-4-3-5-7-12/h3-8,11,14,16,20-21,23H,9-10H2,1-2H3,(H,25,26)/t14-,16-/m0/s1. The maximum Gasteiger partial charge on any atom is 0.352 e. The molecule has 2 atom stereocenters. The van der Waals surface area contributed by atoms with Crippen LogP contribution in [0.2, 0.25) is 0 Å². The van der Waals surface area contributed by atoms with Crippen molar-refractivity contribution >= 4 is 17.6 Å². The number of benzene rings is 1. The summed E-state index contributed by atoms with van der Waals surface area (Å²) >= 11 is 0. The van der Waals surface area contributed by atoms with Gasteiger partial charge >= 0.3 is 5.97 Å². The van der Waals surface area contributed by atoms with Crippen LogP contribution < -0.4 is 10.2 Å². The molecule has 0 fully saturated rings. The van der Waals surface area contributed by atoms with Crippen molar-refractivity contribution in [2.75, 3.05) is 11.5 Å². The molecular weight excluding hydrogens is 334 g/mol. The molecule has 2 heterocycles. The van der Waals surface area contributed by atoms with E-state index < -0.39 is 12.0 Å². The fraction of sp³-hybridized carbons (Fsp3) is 0.368. The number of fused-ring (bicyclic) bond motifs is 1. The number of aliphatic hydroxyl groups excluding tert-OH is 1. The number of nitrogens with zero attached hydrogens (tertiary/aromatic N) is 1. The largest absolute Gasteiger partial charge is 0.477 e. The van der Waals surface area contributed by atoms with Gasteiger partial charge in [-0.3, -0.25) is 10.1 Å². The van der Waals surface area contributed by atoms with Gasteiger partial charge in [0, 0.05) is 0 Å². The molecule has 4 N–H and O–H groups in total. The summed E-state index contributed by atoms with van der Waals surface area (Å²) < 4.78 is 0. The Kier molecular flexibility index (Phi) is 5.11. The predicted octanol–water partition coefficient (Wildman–Crippen LogP) is 1.91. The van der Waals surface area contributed by atoms with Crippen molar-refractivity contribution in [2.45, 2.75) is 32.5 Å². The number of aromatic carboxylic acids is 1. The molecule has 138 valence electrons. The van der Waals surface area contributed by atoms with E-state index in [0.29, 0.717) is 17.9 Å². The number of hydrogen-bond acceptors (Lipinski definition) is 4. The molecule has 1 aliphatic heterocycles. The third-order valence-corrected chi connectivity index (χ3v) is 4.64. The molecule has 0 saturated carbocycles. The molecule has 1 amide bonds. The number of rotatable bonds is 5. The molecule has 1 aliphatic rings. The minimum absolute atomic E-state index is 0.0377. The van der Waals surface area contributed by atoms with E-state index in [2.05, 4.69) is 10.3 Å². The molecule has 0 unspecified atom stereocenters. The maximum atomic E-state index is 13.0. The molecule has 7 heteroatoms. The molecule has 7 nitrogen and oxygen atoms in total. The third kappa shape index (κ3) is 3.36. The van der Waals surface area contributed by atoms with Crippen LogP contribution in [0.4, 0.5) is 5.69 Å². The zero-order valence-electron chi connectivity index (χ0n) is 14.8. The second-order valence-electron chi connectivity index (χ2n) is 6.82. The first kappa shape index (κ1) is 18.2. The lowest BCUT2D eigenvalue weighted by atomic mass is 10.00. The first-order valence-electron chi connectivity index (χ1n) is 8.60. The summed E-state index contributed by atoms with van der Waals surface area (Å²) in [5, 5.41) is 22.3. The van der Waals surface area contributed by atoms with E-state index in [1.807, 2.05) is 44.2 Å². The number of nitrogens with one attached hydrogen (secondary N) is 2. The van der Waals surface area contributed by atoms with Crippen LogP contribution in [-0.2, 0) is 11.3 Å². The second-order valence-corrected chi connectivity index (χ2v) is 6.82. The van der Waals surface area contributed by atoms with Gasteiger partial charge in [-0.1, -0.05) is 44.2 Å². The zero-order chi connectivity index (χ0) is 18.8. The molecule has 0 saturated heterocycles. The van der Waals surface area contributed by atoms with Gasteiger partial charge in [0.2, 0.25) is 5.91 Å². The normalized spacial score (nSPS) is 20.2. The van der Waals surface area contributed by atoms with Crippen molar-refractivity contribution in [1.82, 2.24) is 10.3 Å².